The fourth-order valence-corrected chi connectivity index (χ4v) is 4.76. The number of rotatable bonds is 5. The molecule has 1 aromatic heterocycles. The lowest BCUT2D eigenvalue weighted by atomic mass is 10.1. The van der Waals surface area contributed by atoms with E-state index < -0.39 is 5.51 Å². The fourth-order valence-electron chi connectivity index (χ4n) is 3.69. The minimum atomic E-state index is -4.31. The number of halogens is 3. The number of amides is 2. The minimum Gasteiger partial charge on any atom is -0.336 e. The van der Waals surface area contributed by atoms with Crippen LogP contribution in [0.5, 0.6) is 0 Å². The first kappa shape index (κ1) is 22.8. The Bertz CT molecular complexity index is 966. The molecule has 2 aromatic rings. The molecule has 3 heterocycles. The van der Waals surface area contributed by atoms with Gasteiger partial charge in [-0.3, -0.25) is 14.5 Å². The van der Waals surface area contributed by atoms with Crippen LogP contribution in [0.1, 0.15) is 16.1 Å². The first-order valence-electron chi connectivity index (χ1n) is 10.0. The van der Waals surface area contributed by atoms with Gasteiger partial charge in [0.1, 0.15) is 5.69 Å². The van der Waals surface area contributed by atoms with E-state index in [1.54, 1.807) is 34.0 Å². The number of carbonyl (C=O) groups is 2. The summed E-state index contributed by atoms with van der Waals surface area (Å²) in [6.45, 7) is 4.07. The second-order valence-electron chi connectivity index (χ2n) is 7.55. The molecule has 2 saturated heterocycles. The van der Waals surface area contributed by atoms with Gasteiger partial charge in [-0.25, -0.2) is 4.98 Å². The van der Waals surface area contributed by atoms with E-state index in [2.05, 4.69) is 9.88 Å². The van der Waals surface area contributed by atoms with Crippen LogP contribution in [0.2, 0.25) is 0 Å². The summed E-state index contributed by atoms with van der Waals surface area (Å²) < 4.78 is 37.2. The van der Waals surface area contributed by atoms with E-state index in [-0.39, 0.29) is 34.5 Å². The highest BCUT2D eigenvalue weighted by atomic mass is 32.2. The van der Waals surface area contributed by atoms with Gasteiger partial charge >= 0.3 is 5.51 Å². The summed E-state index contributed by atoms with van der Waals surface area (Å²) in [5.41, 5.74) is -1.50. The second-order valence-corrected chi connectivity index (χ2v) is 9.41. The summed E-state index contributed by atoms with van der Waals surface area (Å²) >= 11 is 1.24. The van der Waals surface area contributed by atoms with E-state index in [0.29, 0.717) is 37.4 Å². The molecular formula is C21H21F3N4O2S2. The molecule has 2 amide bonds. The molecule has 11 heteroatoms. The summed E-state index contributed by atoms with van der Waals surface area (Å²) in [5, 5.41) is 1.76. The van der Waals surface area contributed by atoms with Crippen molar-refractivity contribution in [1.82, 2.24) is 19.7 Å². The third kappa shape index (κ3) is 5.70. The average molecular weight is 483 g/mol. The highest BCUT2D eigenvalue weighted by Crippen LogP contribution is 2.36. The molecule has 6 nitrogen and oxygen atoms in total. The largest absolute Gasteiger partial charge is 0.446 e. The Morgan fingerprint density at radius 1 is 1.06 bits per heavy atom. The average Bonchev–Trinajstić information content (AvgIpc) is 3.26. The Kier molecular flexibility index (Phi) is 6.87. The molecule has 2 aliphatic rings. The van der Waals surface area contributed by atoms with Crippen LogP contribution in [0.15, 0.2) is 46.1 Å². The van der Waals surface area contributed by atoms with E-state index in [4.69, 9.17) is 0 Å². The van der Waals surface area contributed by atoms with Crippen molar-refractivity contribution in [3.63, 3.8) is 0 Å². The normalized spacial score (nSPS) is 18.2. The Morgan fingerprint density at radius 2 is 1.75 bits per heavy atom. The van der Waals surface area contributed by atoms with Gasteiger partial charge in [0.25, 0.3) is 5.91 Å². The summed E-state index contributed by atoms with van der Waals surface area (Å²) in [5.74, 6) is -0.154. The van der Waals surface area contributed by atoms with Gasteiger partial charge in [0, 0.05) is 61.7 Å². The zero-order valence-corrected chi connectivity index (χ0v) is 18.6. The lowest BCUT2D eigenvalue weighted by molar-refractivity contribution is -0.133. The predicted molar refractivity (Wildman–Crippen MR) is 117 cm³/mol. The number of aromatic nitrogens is 1. The van der Waals surface area contributed by atoms with Crippen LogP contribution in [0, 0.1) is 0 Å². The van der Waals surface area contributed by atoms with Gasteiger partial charge in [-0.2, -0.15) is 13.2 Å². The number of likely N-dealkylation sites (tertiary alicyclic amines) is 1. The van der Waals surface area contributed by atoms with E-state index in [9.17, 15) is 22.8 Å². The number of hydrogen-bond acceptors (Lipinski definition) is 6. The summed E-state index contributed by atoms with van der Waals surface area (Å²) in [6.07, 6.45) is 3.06. The molecular weight excluding hydrogens is 461 g/mol. The number of carbonyl (C=O) groups excluding carboxylic acids is 2. The standard InChI is InChI=1S/C21H21F3N4O2S2/c22-21(23,24)32-17-4-1-15(2-5-17)3-6-19(29)28-11-16(12-28)26-7-9-27(10-8-26)20(30)18-13-31-14-25-18/h1-6,13-14,16H,7-12H2/b6-3+. The number of benzene rings is 1. The third-order valence-electron chi connectivity index (χ3n) is 5.48. The van der Waals surface area contributed by atoms with E-state index in [1.165, 1.54) is 29.5 Å². The molecule has 0 radical (unpaired) electrons. The second kappa shape index (κ2) is 9.63. The Balaban J connectivity index is 1.20. The van der Waals surface area contributed by atoms with Crippen LogP contribution in [0.4, 0.5) is 13.2 Å². The third-order valence-corrected chi connectivity index (χ3v) is 6.80. The minimum absolute atomic E-state index is 0.0357. The molecule has 0 unspecified atom stereocenters. The zero-order chi connectivity index (χ0) is 22.7. The van der Waals surface area contributed by atoms with Gasteiger partial charge in [-0.1, -0.05) is 12.1 Å². The van der Waals surface area contributed by atoms with Crippen molar-refractivity contribution in [2.45, 2.75) is 16.4 Å². The quantitative estimate of drug-likeness (QED) is 0.483. The van der Waals surface area contributed by atoms with E-state index >= 15 is 0 Å². The Labute approximate surface area is 191 Å². The highest BCUT2D eigenvalue weighted by molar-refractivity contribution is 8.00. The van der Waals surface area contributed by atoms with Crippen LogP contribution in [-0.4, -0.2) is 82.3 Å². The van der Waals surface area contributed by atoms with Crippen molar-refractivity contribution in [3.8, 4) is 0 Å². The Morgan fingerprint density at radius 3 is 2.34 bits per heavy atom. The molecule has 2 aliphatic heterocycles. The van der Waals surface area contributed by atoms with E-state index in [1.807, 2.05) is 4.90 Å². The van der Waals surface area contributed by atoms with Crippen molar-refractivity contribution in [2.75, 3.05) is 39.3 Å². The maximum absolute atomic E-state index is 12.4. The maximum Gasteiger partial charge on any atom is 0.446 e. The highest BCUT2D eigenvalue weighted by Gasteiger charge is 2.36. The summed E-state index contributed by atoms with van der Waals surface area (Å²) in [6, 6.07) is 6.18. The Hall–Kier alpha value is -2.37. The number of piperazine rings is 1. The van der Waals surface area contributed by atoms with Gasteiger partial charge in [0.15, 0.2) is 0 Å². The molecule has 0 aliphatic carbocycles. The van der Waals surface area contributed by atoms with Crippen LogP contribution in [-0.2, 0) is 4.79 Å². The van der Waals surface area contributed by atoms with Crippen molar-refractivity contribution >= 4 is 41.0 Å². The molecule has 0 atom stereocenters. The van der Waals surface area contributed by atoms with Crippen LogP contribution in [0.25, 0.3) is 6.08 Å². The first-order valence-corrected chi connectivity index (χ1v) is 11.8. The van der Waals surface area contributed by atoms with Crippen LogP contribution in [0.3, 0.4) is 0 Å². The molecule has 0 bridgehead atoms. The predicted octanol–water partition coefficient (Wildman–Crippen LogP) is 3.44. The molecule has 32 heavy (non-hydrogen) atoms. The zero-order valence-electron chi connectivity index (χ0n) is 17.0. The summed E-state index contributed by atoms with van der Waals surface area (Å²) in [4.78, 5) is 34.8. The van der Waals surface area contributed by atoms with Crippen LogP contribution >= 0.6 is 23.1 Å². The molecule has 0 N–H and O–H groups in total. The molecule has 4 rings (SSSR count). The molecule has 0 saturated carbocycles. The topological polar surface area (TPSA) is 56.8 Å². The van der Waals surface area contributed by atoms with Gasteiger partial charge < -0.3 is 9.80 Å². The monoisotopic (exact) mass is 482 g/mol. The van der Waals surface area contributed by atoms with E-state index in [0.717, 1.165) is 13.1 Å². The SMILES string of the molecule is O=C(/C=C/c1ccc(SC(F)(F)F)cc1)N1CC(N2CCN(C(=O)c3cscn3)CC2)C1. The van der Waals surface area contributed by atoms with Crippen molar-refractivity contribution in [3.05, 3.63) is 52.5 Å². The number of thiazole rings is 1. The van der Waals surface area contributed by atoms with Crippen molar-refractivity contribution in [2.24, 2.45) is 0 Å². The number of nitrogens with zero attached hydrogens (tertiary/aromatic N) is 4. The molecule has 170 valence electrons. The fraction of sp³-hybridized carbons (Fsp3) is 0.381. The number of alkyl halides is 3. The van der Waals surface area contributed by atoms with Gasteiger partial charge in [0.2, 0.25) is 5.91 Å². The molecule has 1 aromatic carbocycles. The van der Waals surface area contributed by atoms with Gasteiger partial charge in [-0.15, -0.1) is 11.3 Å². The lowest BCUT2D eigenvalue weighted by Crippen LogP contribution is -2.64. The summed E-state index contributed by atoms with van der Waals surface area (Å²) in [7, 11) is 0. The maximum atomic E-state index is 12.4. The lowest BCUT2D eigenvalue weighted by Gasteiger charge is -2.47. The van der Waals surface area contributed by atoms with Crippen LogP contribution < -0.4 is 0 Å². The smallest absolute Gasteiger partial charge is 0.336 e. The molecule has 0 spiro atoms. The van der Waals surface area contributed by atoms with Crippen molar-refractivity contribution < 1.29 is 22.8 Å². The number of hydrogen-bond donors (Lipinski definition) is 0. The molecule has 2 fully saturated rings. The first-order chi connectivity index (χ1) is 15.3. The van der Waals surface area contributed by atoms with Gasteiger partial charge in [-0.05, 0) is 35.5 Å². The number of thioether (sulfide) groups is 1. The van der Waals surface area contributed by atoms with Gasteiger partial charge in [0.05, 0.1) is 5.51 Å². The van der Waals surface area contributed by atoms with Crippen molar-refractivity contribution in [1.29, 1.82) is 0 Å².